The minimum absolute atomic E-state index is 0.0735. The lowest BCUT2D eigenvalue weighted by Gasteiger charge is -2.12. The Kier molecular flexibility index (Phi) is 3.85. The summed E-state index contributed by atoms with van der Waals surface area (Å²) in [7, 11) is 0. The number of hydrogen-bond donors (Lipinski definition) is 3. The predicted octanol–water partition coefficient (Wildman–Crippen LogP) is 2.10. The first-order valence-electron chi connectivity index (χ1n) is 7.86. The number of thiophene rings is 1. The van der Waals surface area contributed by atoms with Crippen LogP contribution in [0.5, 0.6) is 5.75 Å². The van der Waals surface area contributed by atoms with E-state index in [1.807, 2.05) is 35.7 Å². The standard InChI is InChI=1S/C18H15N3O3S/c22-15-14(20-16(21-18(15)24)13-6-3-7-25-13)17(23)19-12-8-10-4-1-2-5-11(10)9-12/h1-7,12,22H,8-9H2,(H,19,23)(H,20,21,24). The molecule has 1 aromatic carbocycles. The van der Waals surface area contributed by atoms with Crippen molar-refractivity contribution < 1.29 is 9.90 Å². The first-order valence-corrected chi connectivity index (χ1v) is 8.74. The van der Waals surface area contributed by atoms with Crippen LogP contribution in [0.25, 0.3) is 10.7 Å². The Morgan fingerprint density at radius 1 is 1.20 bits per heavy atom. The number of aromatic nitrogens is 2. The van der Waals surface area contributed by atoms with Gasteiger partial charge in [0.1, 0.15) is 0 Å². The third-order valence-electron chi connectivity index (χ3n) is 4.25. The zero-order chi connectivity index (χ0) is 17.4. The number of nitrogens with one attached hydrogen (secondary N) is 2. The molecule has 0 fully saturated rings. The number of hydrogen-bond acceptors (Lipinski definition) is 5. The summed E-state index contributed by atoms with van der Waals surface area (Å²) in [6.45, 7) is 0. The van der Waals surface area contributed by atoms with Gasteiger partial charge in [-0.3, -0.25) is 9.59 Å². The number of fused-ring (bicyclic) bond motifs is 1. The van der Waals surface area contributed by atoms with Gasteiger partial charge < -0.3 is 15.4 Å². The van der Waals surface area contributed by atoms with Gasteiger partial charge in [-0.15, -0.1) is 11.3 Å². The number of carbonyl (C=O) groups is 1. The van der Waals surface area contributed by atoms with Crippen molar-refractivity contribution in [1.29, 1.82) is 0 Å². The number of amides is 1. The number of carbonyl (C=O) groups excluding carboxylic acids is 1. The summed E-state index contributed by atoms with van der Waals surface area (Å²) >= 11 is 1.39. The molecule has 1 aliphatic rings. The van der Waals surface area contributed by atoms with Crippen LogP contribution < -0.4 is 10.9 Å². The molecule has 126 valence electrons. The highest BCUT2D eigenvalue weighted by molar-refractivity contribution is 7.13. The molecule has 0 atom stereocenters. The van der Waals surface area contributed by atoms with E-state index in [9.17, 15) is 14.7 Å². The third-order valence-corrected chi connectivity index (χ3v) is 5.13. The zero-order valence-corrected chi connectivity index (χ0v) is 14.0. The van der Waals surface area contributed by atoms with Gasteiger partial charge in [0.15, 0.2) is 11.5 Å². The lowest BCUT2D eigenvalue weighted by Crippen LogP contribution is -2.36. The number of aromatic amines is 1. The van der Waals surface area contributed by atoms with E-state index >= 15 is 0 Å². The number of benzene rings is 1. The van der Waals surface area contributed by atoms with Gasteiger partial charge in [0.05, 0.1) is 4.88 Å². The molecule has 0 spiro atoms. The SMILES string of the molecule is O=C(NC1Cc2ccccc2C1)c1nc(-c2cccs2)[nH]c(=O)c1O. The molecule has 0 saturated heterocycles. The van der Waals surface area contributed by atoms with Crippen molar-refractivity contribution in [2.45, 2.75) is 18.9 Å². The Labute approximate surface area is 147 Å². The molecule has 1 aliphatic carbocycles. The van der Waals surface area contributed by atoms with E-state index < -0.39 is 17.2 Å². The second-order valence-electron chi connectivity index (χ2n) is 5.94. The third kappa shape index (κ3) is 2.94. The van der Waals surface area contributed by atoms with Gasteiger partial charge in [-0.25, -0.2) is 4.98 Å². The molecule has 7 heteroatoms. The highest BCUT2D eigenvalue weighted by Crippen LogP contribution is 2.24. The van der Waals surface area contributed by atoms with Crippen molar-refractivity contribution in [1.82, 2.24) is 15.3 Å². The summed E-state index contributed by atoms with van der Waals surface area (Å²) in [5, 5.41) is 14.7. The molecule has 0 radical (unpaired) electrons. The van der Waals surface area contributed by atoms with E-state index in [0.717, 1.165) is 17.7 Å². The van der Waals surface area contributed by atoms with Gasteiger partial charge in [-0.1, -0.05) is 30.3 Å². The first-order chi connectivity index (χ1) is 12.1. The molecule has 0 bridgehead atoms. The number of rotatable bonds is 3. The first kappa shape index (κ1) is 15.6. The summed E-state index contributed by atoms with van der Waals surface area (Å²) in [5.41, 5.74) is 1.44. The topological polar surface area (TPSA) is 95.1 Å². The quantitative estimate of drug-likeness (QED) is 0.672. The van der Waals surface area contributed by atoms with E-state index in [2.05, 4.69) is 15.3 Å². The van der Waals surface area contributed by atoms with Crippen molar-refractivity contribution in [3.05, 3.63) is 69.0 Å². The van der Waals surface area contributed by atoms with Crippen molar-refractivity contribution >= 4 is 17.2 Å². The maximum absolute atomic E-state index is 12.6. The van der Waals surface area contributed by atoms with Crippen LogP contribution >= 0.6 is 11.3 Å². The van der Waals surface area contributed by atoms with Gasteiger partial charge in [-0.2, -0.15) is 0 Å². The van der Waals surface area contributed by atoms with E-state index in [0.29, 0.717) is 0 Å². The fraction of sp³-hybridized carbons (Fsp3) is 0.167. The van der Waals surface area contributed by atoms with Crippen molar-refractivity contribution in [2.24, 2.45) is 0 Å². The fourth-order valence-electron chi connectivity index (χ4n) is 3.07. The minimum atomic E-state index is -0.724. The van der Waals surface area contributed by atoms with Crippen molar-refractivity contribution in [2.75, 3.05) is 0 Å². The molecule has 2 aromatic heterocycles. The van der Waals surface area contributed by atoms with Crippen LogP contribution in [0.3, 0.4) is 0 Å². The van der Waals surface area contributed by atoms with E-state index in [1.165, 1.54) is 22.5 Å². The summed E-state index contributed by atoms with van der Waals surface area (Å²) in [5.74, 6) is -0.926. The maximum Gasteiger partial charge on any atom is 0.294 e. The lowest BCUT2D eigenvalue weighted by atomic mass is 10.1. The molecule has 0 aliphatic heterocycles. The molecule has 0 unspecified atom stereocenters. The largest absolute Gasteiger partial charge is 0.501 e. The highest BCUT2D eigenvalue weighted by Gasteiger charge is 2.25. The monoisotopic (exact) mass is 353 g/mol. The van der Waals surface area contributed by atoms with E-state index in [-0.39, 0.29) is 17.6 Å². The van der Waals surface area contributed by atoms with Gasteiger partial charge in [0.2, 0.25) is 5.75 Å². The zero-order valence-electron chi connectivity index (χ0n) is 13.2. The normalized spacial score (nSPS) is 13.6. The van der Waals surface area contributed by atoms with Crippen LogP contribution in [0.2, 0.25) is 0 Å². The molecule has 1 amide bonds. The summed E-state index contributed by atoms with van der Waals surface area (Å²) < 4.78 is 0. The van der Waals surface area contributed by atoms with Crippen LogP contribution in [0.4, 0.5) is 0 Å². The molecular formula is C18H15N3O3S. The molecule has 3 aromatic rings. The molecule has 4 rings (SSSR count). The Bertz CT molecular complexity index is 970. The molecule has 2 heterocycles. The second kappa shape index (κ2) is 6.18. The highest BCUT2D eigenvalue weighted by atomic mass is 32.1. The molecule has 25 heavy (non-hydrogen) atoms. The average Bonchev–Trinajstić information content (AvgIpc) is 3.25. The van der Waals surface area contributed by atoms with Gasteiger partial charge in [0.25, 0.3) is 11.5 Å². The molecular weight excluding hydrogens is 338 g/mol. The summed E-state index contributed by atoms with van der Waals surface area (Å²) in [4.78, 5) is 31.9. The molecule has 0 saturated carbocycles. The Morgan fingerprint density at radius 2 is 1.92 bits per heavy atom. The number of nitrogens with zero attached hydrogens (tertiary/aromatic N) is 1. The smallest absolute Gasteiger partial charge is 0.294 e. The van der Waals surface area contributed by atoms with Crippen LogP contribution in [-0.4, -0.2) is 27.0 Å². The second-order valence-corrected chi connectivity index (χ2v) is 6.88. The fourth-order valence-corrected chi connectivity index (χ4v) is 3.74. The van der Waals surface area contributed by atoms with Crippen LogP contribution in [0, 0.1) is 0 Å². The van der Waals surface area contributed by atoms with E-state index in [1.54, 1.807) is 6.07 Å². The van der Waals surface area contributed by atoms with Crippen LogP contribution in [-0.2, 0) is 12.8 Å². The lowest BCUT2D eigenvalue weighted by molar-refractivity contribution is 0.0930. The van der Waals surface area contributed by atoms with Crippen molar-refractivity contribution in [3.8, 4) is 16.5 Å². The predicted molar refractivity (Wildman–Crippen MR) is 94.9 cm³/mol. The molecule has 3 N–H and O–H groups in total. The Morgan fingerprint density at radius 3 is 2.56 bits per heavy atom. The number of H-pyrrole nitrogens is 1. The van der Waals surface area contributed by atoms with E-state index in [4.69, 9.17) is 0 Å². The maximum atomic E-state index is 12.6. The Hall–Kier alpha value is -2.93. The van der Waals surface area contributed by atoms with Crippen LogP contribution in [0.15, 0.2) is 46.6 Å². The van der Waals surface area contributed by atoms with Crippen LogP contribution in [0.1, 0.15) is 21.6 Å². The van der Waals surface area contributed by atoms with Gasteiger partial charge >= 0.3 is 0 Å². The summed E-state index contributed by atoms with van der Waals surface area (Å²) in [6.07, 6.45) is 1.45. The van der Waals surface area contributed by atoms with Gasteiger partial charge in [0, 0.05) is 6.04 Å². The Balaban J connectivity index is 1.59. The average molecular weight is 353 g/mol. The summed E-state index contributed by atoms with van der Waals surface area (Å²) in [6, 6.07) is 11.6. The molecule has 6 nitrogen and oxygen atoms in total. The number of aromatic hydroxyl groups is 1. The van der Waals surface area contributed by atoms with Gasteiger partial charge in [-0.05, 0) is 35.4 Å². The van der Waals surface area contributed by atoms with Crippen molar-refractivity contribution in [3.63, 3.8) is 0 Å². The minimum Gasteiger partial charge on any atom is -0.501 e.